The van der Waals surface area contributed by atoms with Crippen LogP contribution >= 0.6 is 0 Å². The van der Waals surface area contributed by atoms with Crippen LogP contribution in [0.25, 0.3) is 6.08 Å². The minimum Gasteiger partial charge on any atom is -0.494 e. The lowest BCUT2D eigenvalue weighted by molar-refractivity contribution is -0.128. The van der Waals surface area contributed by atoms with E-state index in [0.717, 1.165) is 18.6 Å². The fraction of sp³-hybridized carbons (Fsp3) is 0.281. The highest BCUT2D eigenvalue weighted by Crippen LogP contribution is 2.23. The third-order valence-corrected chi connectivity index (χ3v) is 6.21. The molecule has 5 N–H and O–H groups in total. The number of benzene rings is 3. The van der Waals surface area contributed by atoms with Crippen molar-refractivity contribution in [2.45, 2.75) is 45.4 Å². The van der Waals surface area contributed by atoms with Crippen molar-refractivity contribution in [1.29, 1.82) is 0 Å². The number of aromatic carboxylic acids is 1. The Morgan fingerprint density at radius 1 is 0.854 bits per heavy atom. The normalized spacial score (nSPS) is 10.9. The van der Waals surface area contributed by atoms with Gasteiger partial charge in [-0.05, 0) is 85.0 Å². The minimum atomic E-state index is -1.12. The minimum absolute atomic E-state index is 0.0392. The quantitative estimate of drug-likeness (QED) is 0.0676. The van der Waals surface area contributed by atoms with Crippen molar-refractivity contribution in [1.82, 2.24) is 0 Å². The van der Waals surface area contributed by atoms with Gasteiger partial charge in [0.25, 0.3) is 0 Å². The lowest BCUT2D eigenvalue weighted by atomic mass is 10.00. The van der Waals surface area contributed by atoms with Crippen molar-refractivity contribution >= 4 is 35.4 Å². The van der Waals surface area contributed by atoms with E-state index < -0.39 is 17.9 Å². The number of rotatable bonds is 15. The number of carbonyl (C=O) groups is 3. The molecule has 41 heavy (non-hydrogen) atoms. The highest BCUT2D eigenvalue weighted by atomic mass is 16.5. The van der Waals surface area contributed by atoms with Gasteiger partial charge < -0.3 is 30.8 Å². The van der Waals surface area contributed by atoms with Crippen molar-refractivity contribution < 1.29 is 33.7 Å². The summed E-state index contributed by atoms with van der Waals surface area (Å²) in [6.07, 6.45) is 8.13. The topological polar surface area (TPSA) is 151 Å². The number of hydrogen-bond donors (Lipinski definition) is 3. The lowest BCUT2D eigenvalue weighted by Crippen LogP contribution is -2.10. The van der Waals surface area contributed by atoms with Crippen LogP contribution in [0.1, 0.15) is 70.9 Å². The van der Waals surface area contributed by atoms with Crippen molar-refractivity contribution in [3.8, 4) is 11.5 Å². The van der Waals surface area contributed by atoms with Crippen LogP contribution in [0.4, 0.5) is 11.4 Å². The summed E-state index contributed by atoms with van der Waals surface area (Å²) in [5.41, 5.74) is 13.7. The third kappa shape index (κ3) is 10.0. The van der Waals surface area contributed by atoms with Gasteiger partial charge in [-0.2, -0.15) is 0 Å². The Morgan fingerprint density at radius 3 is 2.24 bits per heavy atom. The molecule has 3 aromatic carbocycles. The largest absolute Gasteiger partial charge is 0.494 e. The summed E-state index contributed by atoms with van der Waals surface area (Å²) in [6.45, 7) is 2.91. The second-order valence-corrected chi connectivity index (χ2v) is 9.44. The Bertz CT molecular complexity index is 1350. The van der Waals surface area contributed by atoms with Crippen LogP contribution in [0.3, 0.4) is 0 Å². The molecule has 0 spiro atoms. The first kappa shape index (κ1) is 30.7. The number of anilines is 2. The Morgan fingerprint density at radius 2 is 1.56 bits per heavy atom. The molecular weight excluding hydrogens is 524 g/mol. The second-order valence-electron chi connectivity index (χ2n) is 9.44. The first-order chi connectivity index (χ1) is 19.8. The third-order valence-electron chi connectivity index (χ3n) is 6.21. The van der Waals surface area contributed by atoms with Crippen LogP contribution in [-0.4, -0.2) is 36.2 Å². The van der Waals surface area contributed by atoms with Crippen LogP contribution in [0.5, 0.6) is 11.5 Å². The molecule has 0 radical (unpaired) electrons. The summed E-state index contributed by atoms with van der Waals surface area (Å²) in [5, 5.41) is 9.39. The first-order valence-electron chi connectivity index (χ1n) is 13.6. The number of carbonyl (C=O) groups excluding carboxylic acids is 2. The molecule has 9 heteroatoms. The van der Waals surface area contributed by atoms with Crippen molar-refractivity contribution in [2.75, 3.05) is 24.7 Å². The number of esters is 2. The van der Waals surface area contributed by atoms with E-state index in [1.807, 2.05) is 0 Å². The Hall–Kier alpha value is -4.79. The van der Waals surface area contributed by atoms with Gasteiger partial charge in [-0.3, -0.25) is 0 Å². The van der Waals surface area contributed by atoms with Gasteiger partial charge in [0, 0.05) is 17.5 Å². The highest BCUT2D eigenvalue weighted by molar-refractivity contribution is 5.93. The van der Waals surface area contributed by atoms with Crippen molar-refractivity contribution in [3.63, 3.8) is 0 Å². The zero-order valence-corrected chi connectivity index (χ0v) is 23.1. The van der Waals surface area contributed by atoms with Crippen LogP contribution in [-0.2, 0) is 16.0 Å². The van der Waals surface area contributed by atoms with E-state index in [1.165, 1.54) is 31.1 Å². The van der Waals surface area contributed by atoms with Crippen molar-refractivity contribution in [2.24, 2.45) is 0 Å². The van der Waals surface area contributed by atoms with Gasteiger partial charge in [0.05, 0.1) is 24.3 Å². The van der Waals surface area contributed by atoms with Gasteiger partial charge in [-0.1, -0.05) is 38.3 Å². The molecule has 9 nitrogen and oxygen atoms in total. The zero-order valence-electron chi connectivity index (χ0n) is 23.1. The standard InChI is InChI=1S/C32H36N2O7/c1-2-3-4-5-18-39-25-13-15-26(16-14-25)41-30(35)17-10-22-8-11-23(12-9-22)32(38)40-19-6-7-27-28(31(36)37)20-24(33)21-29(27)34/h8-17,20-21H,2-7,18-19,33-34H2,1H3,(H,36,37)/b17-10+. The number of carboxylic acid groups (broad SMARTS) is 1. The predicted octanol–water partition coefficient (Wildman–Crippen LogP) is 5.92. The molecule has 0 fully saturated rings. The molecule has 0 atom stereocenters. The molecule has 0 unspecified atom stereocenters. The number of nitrogens with two attached hydrogens (primary N) is 2. The summed E-state index contributed by atoms with van der Waals surface area (Å²) in [7, 11) is 0. The summed E-state index contributed by atoms with van der Waals surface area (Å²) in [5.74, 6) is -1.03. The van der Waals surface area contributed by atoms with E-state index in [9.17, 15) is 19.5 Å². The highest BCUT2D eigenvalue weighted by Gasteiger charge is 2.15. The Balaban J connectivity index is 1.42. The average Bonchev–Trinajstić information content (AvgIpc) is 2.95. The fourth-order valence-corrected chi connectivity index (χ4v) is 4.05. The molecule has 0 aliphatic heterocycles. The van der Waals surface area contributed by atoms with E-state index in [4.69, 9.17) is 25.7 Å². The van der Waals surface area contributed by atoms with Gasteiger partial charge in [0.15, 0.2) is 0 Å². The van der Waals surface area contributed by atoms with E-state index >= 15 is 0 Å². The van der Waals surface area contributed by atoms with Crippen LogP contribution in [0, 0.1) is 0 Å². The van der Waals surface area contributed by atoms with E-state index in [2.05, 4.69) is 6.92 Å². The number of ether oxygens (including phenoxy) is 3. The molecule has 0 saturated carbocycles. The van der Waals surface area contributed by atoms with Gasteiger partial charge in [0.1, 0.15) is 11.5 Å². The molecule has 3 rings (SSSR count). The molecular formula is C32H36N2O7. The molecule has 0 aliphatic rings. The maximum atomic E-state index is 12.4. The van der Waals surface area contributed by atoms with Gasteiger partial charge >= 0.3 is 17.9 Å². The summed E-state index contributed by atoms with van der Waals surface area (Å²) < 4.78 is 16.3. The smallest absolute Gasteiger partial charge is 0.338 e. The Labute approximate surface area is 239 Å². The zero-order chi connectivity index (χ0) is 29.6. The van der Waals surface area contributed by atoms with Crippen molar-refractivity contribution in [3.05, 3.63) is 89.0 Å². The predicted molar refractivity (Wildman–Crippen MR) is 158 cm³/mol. The van der Waals surface area contributed by atoms with E-state index in [0.29, 0.717) is 41.9 Å². The monoisotopic (exact) mass is 560 g/mol. The van der Waals surface area contributed by atoms with Gasteiger partial charge in [-0.15, -0.1) is 0 Å². The fourth-order valence-electron chi connectivity index (χ4n) is 4.05. The molecule has 0 heterocycles. The lowest BCUT2D eigenvalue weighted by Gasteiger charge is -2.11. The molecule has 0 aromatic heterocycles. The average molecular weight is 561 g/mol. The summed E-state index contributed by atoms with van der Waals surface area (Å²) in [6, 6.07) is 16.3. The van der Waals surface area contributed by atoms with Crippen LogP contribution in [0.15, 0.2) is 66.7 Å². The molecule has 0 bridgehead atoms. The number of hydrogen-bond acceptors (Lipinski definition) is 8. The SMILES string of the molecule is CCCCCCOc1ccc(OC(=O)/C=C/c2ccc(C(=O)OCCCc3c(N)cc(N)cc3C(=O)O)cc2)cc1. The molecule has 0 aliphatic carbocycles. The summed E-state index contributed by atoms with van der Waals surface area (Å²) >= 11 is 0. The second kappa shape index (κ2) is 15.7. The maximum Gasteiger partial charge on any atom is 0.338 e. The Kier molecular flexibility index (Phi) is 11.8. The number of carboxylic acids is 1. The van der Waals surface area contributed by atoms with Gasteiger partial charge in [-0.25, -0.2) is 14.4 Å². The van der Waals surface area contributed by atoms with Gasteiger partial charge in [0.2, 0.25) is 0 Å². The molecule has 216 valence electrons. The number of nitrogen functional groups attached to an aromatic ring is 2. The number of unbranched alkanes of at least 4 members (excludes halogenated alkanes) is 3. The molecule has 3 aromatic rings. The molecule has 0 amide bonds. The molecule has 0 saturated heterocycles. The maximum absolute atomic E-state index is 12.4. The van der Waals surface area contributed by atoms with E-state index in [1.54, 1.807) is 54.6 Å². The van der Waals surface area contributed by atoms with Crippen LogP contribution < -0.4 is 20.9 Å². The van der Waals surface area contributed by atoms with E-state index in [-0.39, 0.29) is 23.5 Å². The van der Waals surface area contributed by atoms with Crippen LogP contribution in [0.2, 0.25) is 0 Å². The summed E-state index contributed by atoms with van der Waals surface area (Å²) in [4.78, 5) is 36.1. The first-order valence-corrected chi connectivity index (χ1v) is 13.6.